The molecule has 0 fully saturated rings. The number of hydrogen-bond acceptors (Lipinski definition) is 3. The first-order valence-corrected chi connectivity index (χ1v) is 7.37. The highest BCUT2D eigenvalue weighted by Gasteiger charge is 2.20. The molecule has 118 valence electrons. The zero-order chi connectivity index (χ0) is 16.4. The largest absolute Gasteiger partial charge is 0.496 e. The van der Waals surface area contributed by atoms with Crippen LogP contribution < -0.4 is 10.1 Å². The summed E-state index contributed by atoms with van der Waals surface area (Å²) in [6, 6.07) is 4.81. The number of methoxy groups -OCH3 is 1. The Hall–Kier alpha value is -2.01. The van der Waals surface area contributed by atoms with Crippen molar-refractivity contribution in [1.29, 1.82) is 0 Å². The number of aromatic nitrogens is 2. The highest BCUT2D eigenvalue weighted by molar-refractivity contribution is 6.31. The van der Waals surface area contributed by atoms with Gasteiger partial charge in [-0.15, -0.1) is 0 Å². The summed E-state index contributed by atoms with van der Waals surface area (Å²) in [5.41, 5.74) is 3.38. The third-order valence-corrected chi connectivity index (χ3v) is 3.99. The molecule has 1 aromatic carbocycles. The van der Waals surface area contributed by atoms with E-state index < -0.39 is 0 Å². The van der Waals surface area contributed by atoms with E-state index in [9.17, 15) is 4.79 Å². The average molecular weight is 322 g/mol. The van der Waals surface area contributed by atoms with E-state index in [-0.39, 0.29) is 11.9 Å². The van der Waals surface area contributed by atoms with Crippen LogP contribution in [-0.4, -0.2) is 22.8 Å². The van der Waals surface area contributed by atoms with Crippen molar-refractivity contribution in [3.63, 3.8) is 0 Å². The maximum absolute atomic E-state index is 12.5. The molecular weight excluding hydrogens is 302 g/mol. The second-order valence-corrected chi connectivity index (χ2v) is 5.68. The maximum atomic E-state index is 12.5. The SMILES string of the molecule is COc1ccc(Cl)cc1C(=O)N[C@@H](C)c1c(C)nn(C)c1C. The van der Waals surface area contributed by atoms with Crippen LogP contribution in [0.25, 0.3) is 0 Å². The van der Waals surface area contributed by atoms with E-state index in [1.165, 1.54) is 7.11 Å². The molecular formula is C16H20ClN3O2. The van der Waals surface area contributed by atoms with Crippen molar-refractivity contribution in [2.45, 2.75) is 26.8 Å². The molecule has 1 atom stereocenters. The Morgan fingerprint density at radius 1 is 1.41 bits per heavy atom. The zero-order valence-corrected chi connectivity index (χ0v) is 14.2. The van der Waals surface area contributed by atoms with Crippen LogP contribution >= 0.6 is 11.6 Å². The summed E-state index contributed by atoms with van der Waals surface area (Å²) in [6.45, 7) is 5.86. The van der Waals surface area contributed by atoms with Crippen LogP contribution in [0.4, 0.5) is 0 Å². The van der Waals surface area contributed by atoms with E-state index in [0.29, 0.717) is 16.3 Å². The predicted molar refractivity (Wildman–Crippen MR) is 86.6 cm³/mol. The summed E-state index contributed by atoms with van der Waals surface area (Å²) in [4.78, 5) is 12.5. The average Bonchev–Trinajstić information content (AvgIpc) is 2.71. The van der Waals surface area contributed by atoms with Gasteiger partial charge in [0.25, 0.3) is 5.91 Å². The van der Waals surface area contributed by atoms with Crippen LogP contribution in [0, 0.1) is 13.8 Å². The highest BCUT2D eigenvalue weighted by Crippen LogP contribution is 2.25. The van der Waals surface area contributed by atoms with Gasteiger partial charge >= 0.3 is 0 Å². The lowest BCUT2D eigenvalue weighted by Crippen LogP contribution is -2.27. The molecule has 0 aliphatic carbocycles. The van der Waals surface area contributed by atoms with Crippen LogP contribution in [0.15, 0.2) is 18.2 Å². The minimum atomic E-state index is -0.227. The van der Waals surface area contributed by atoms with Crippen LogP contribution in [0.1, 0.15) is 40.3 Å². The highest BCUT2D eigenvalue weighted by atomic mass is 35.5. The van der Waals surface area contributed by atoms with Crippen LogP contribution in [-0.2, 0) is 7.05 Å². The molecule has 0 saturated carbocycles. The Bertz CT molecular complexity index is 710. The molecule has 6 heteroatoms. The van der Waals surface area contributed by atoms with Gasteiger partial charge in [0, 0.05) is 23.3 Å². The molecule has 5 nitrogen and oxygen atoms in total. The lowest BCUT2D eigenvalue weighted by Gasteiger charge is -2.16. The molecule has 0 aliphatic rings. The molecule has 2 aromatic rings. The molecule has 1 amide bonds. The molecule has 1 N–H and O–H groups in total. The van der Waals surface area contributed by atoms with Crippen molar-refractivity contribution in [2.24, 2.45) is 7.05 Å². The molecule has 0 unspecified atom stereocenters. The van der Waals surface area contributed by atoms with Crippen molar-refractivity contribution >= 4 is 17.5 Å². The lowest BCUT2D eigenvalue weighted by molar-refractivity contribution is 0.0936. The summed E-state index contributed by atoms with van der Waals surface area (Å²) in [6.07, 6.45) is 0. The number of benzene rings is 1. The number of hydrogen-bond donors (Lipinski definition) is 1. The van der Waals surface area contributed by atoms with Gasteiger partial charge in [-0.2, -0.15) is 5.10 Å². The third kappa shape index (κ3) is 3.09. The minimum absolute atomic E-state index is 0.162. The fourth-order valence-corrected chi connectivity index (χ4v) is 2.79. The lowest BCUT2D eigenvalue weighted by atomic mass is 10.1. The molecule has 22 heavy (non-hydrogen) atoms. The smallest absolute Gasteiger partial charge is 0.255 e. The van der Waals surface area contributed by atoms with E-state index in [1.54, 1.807) is 18.2 Å². The van der Waals surface area contributed by atoms with Gasteiger partial charge < -0.3 is 10.1 Å². The summed E-state index contributed by atoms with van der Waals surface area (Å²) in [7, 11) is 3.42. The van der Waals surface area contributed by atoms with E-state index >= 15 is 0 Å². The number of carbonyl (C=O) groups excluding carboxylic acids is 1. The fraction of sp³-hybridized carbons (Fsp3) is 0.375. The number of amides is 1. The number of ether oxygens (including phenoxy) is 1. The molecule has 0 spiro atoms. The maximum Gasteiger partial charge on any atom is 0.255 e. The summed E-state index contributed by atoms with van der Waals surface area (Å²) >= 11 is 5.98. The van der Waals surface area contributed by atoms with Gasteiger partial charge in [0.1, 0.15) is 5.75 Å². The number of rotatable bonds is 4. The van der Waals surface area contributed by atoms with Crippen molar-refractivity contribution in [2.75, 3.05) is 7.11 Å². The Morgan fingerprint density at radius 2 is 2.09 bits per heavy atom. The molecule has 0 bridgehead atoms. The third-order valence-electron chi connectivity index (χ3n) is 3.75. The van der Waals surface area contributed by atoms with Gasteiger partial charge in [-0.05, 0) is 39.0 Å². The number of nitrogens with one attached hydrogen (secondary N) is 1. The Labute approximate surface area is 135 Å². The summed E-state index contributed by atoms with van der Waals surface area (Å²) in [5, 5.41) is 7.85. The predicted octanol–water partition coefficient (Wildman–Crippen LogP) is 3.19. The van der Waals surface area contributed by atoms with Gasteiger partial charge in [-0.1, -0.05) is 11.6 Å². The summed E-state index contributed by atoms with van der Waals surface area (Å²) < 4.78 is 7.04. The molecule has 0 aliphatic heterocycles. The minimum Gasteiger partial charge on any atom is -0.496 e. The molecule has 0 saturated heterocycles. The van der Waals surface area contributed by atoms with Crippen molar-refractivity contribution in [1.82, 2.24) is 15.1 Å². The first-order valence-electron chi connectivity index (χ1n) is 6.99. The quantitative estimate of drug-likeness (QED) is 0.941. The Balaban J connectivity index is 2.27. The molecule has 2 rings (SSSR count). The topological polar surface area (TPSA) is 56.1 Å². The zero-order valence-electron chi connectivity index (χ0n) is 13.4. The van der Waals surface area contributed by atoms with E-state index in [0.717, 1.165) is 17.0 Å². The number of halogens is 1. The van der Waals surface area contributed by atoms with Gasteiger partial charge in [0.15, 0.2) is 0 Å². The normalized spacial score (nSPS) is 12.1. The molecule has 1 heterocycles. The first kappa shape index (κ1) is 16.4. The second kappa shape index (κ2) is 6.40. The van der Waals surface area contributed by atoms with Gasteiger partial charge in [-0.3, -0.25) is 9.48 Å². The van der Waals surface area contributed by atoms with Crippen LogP contribution in [0.3, 0.4) is 0 Å². The first-order chi connectivity index (χ1) is 10.3. The van der Waals surface area contributed by atoms with Gasteiger partial charge in [0.2, 0.25) is 0 Å². The number of aryl methyl sites for hydroxylation is 2. The van der Waals surface area contributed by atoms with Gasteiger partial charge in [0.05, 0.1) is 24.4 Å². The van der Waals surface area contributed by atoms with E-state index in [2.05, 4.69) is 10.4 Å². The number of nitrogens with zero attached hydrogens (tertiary/aromatic N) is 2. The monoisotopic (exact) mass is 321 g/mol. The Morgan fingerprint density at radius 3 is 2.64 bits per heavy atom. The second-order valence-electron chi connectivity index (χ2n) is 5.25. The molecule has 0 radical (unpaired) electrons. The van der Waals surface area contributed by atoms with E-state index in [1.807, 2.05) is 32.5 Å². The van der Waals surface area contributed by atoms with Gasteiger partial charge in [-0.25, -0.2) is 0 Å². The van der Waals surface area contributed by atoms with Crippen molar-refractivity contribution < 1.29 is 9.53 Å². The van der Waals surface area contributed by atoms with Crippen molar-refractivity contribution in [3.8, 4) is 5.75 Å². The fourth-order valence-electron chi connectivity index (χ4n) is 2.62. The van der Waals surface area contributed by atoms with Crippen LogP contribution in [0.5, 0.6) is 5.75 Å². The van der Waals surface area contributed by atoms with E-state index in [4.69, 9.17) is 16.3 Å². The van der Waals surface area contributed by atoms with Crippen LogP contribution in [0.2, 0.25) is 5.02 Å². The molecule has 1 aromatic heterocycles. The van der Waals surface area contributed by atoms with Crippen molar-refractivity contribution in [3.05, 3.63) is 45.7 Å². The standard InChI is InChI=1S/C16H20ClN3O2/c1-9(15-10(2)19-20(4)11(15)3)18-16(21)13-8-12(17)6-7-14(13)22-5/h6-9H,1-5H3,(H,18,21)/t9-/m0/s1. The Kier molecular flexibility index (Phi) is 4.76. The number of carbonyl (C=O) groups is 1. The summed E-state index contributed by atoms with van der Waals surface area (Å²) in [5.74, 6) is 0.267.